The van der Waals surface area contributed by atoms with Gasteiger partial charge in [0.2, 0.25) is 0 Å². The summed E-state index contributed by atoms with van der Waals surface area (Å²) >= 11 is 0. The van der Waals surface area contributed by atoms with Gasteiger partial charge in [0, 0.05) is 11.8 Å². The summed E-state index contributed by atoms with van der Waals surface area (Å²) in [6.45, 7) is 0.946. The first-order valence-electron chi connectivity index (χ1n) is 8.27. The van der Waals surface area contributed by atoms with Crippen LogP contribution in [-0.4, -0.2) is 29.1 Å². The van der Waals surface area contributed by atoms with E-state index in [2.05, 4.69) is 15.3 Å². The summed E-state index contributed by atoms with van der Waals surface area (Å²) in [5.74, 6) is 0.646. The van der Waals surface area contributed by atoms with Crippen LogP contribution >= 0.6 is 0 Å². The van der Waals surface area contributed by atoms with E-state index < -0.39 is 5.91 Å². The monoisotopic (exact) mass is 358 g/mol. The van der Waals surface area contributed by atoms with Gasteiger partial charge in [0.05, 0.1) is 22.9 Å². The van der Waals surface area contributed by atoms with Crippen molar-refractivity contribution in [3.05, 3.63) is 59.9 Å². The highest BCUT2D eigenvalue weighted by Crippen LogP contribution is 2.32. The summed E-state index contributed by atoms with van der Waals surface area (Å²) in [6, 6.07) is 14.4. The molecule has 0 aliphatic carbocycles. The SMILES string of the molecule is N#C/C(=C\c1cnc2ccccc2n1)C(=O)Nc1ccc2c(c1)OCCO2. The van der Waals surface area contributed by atoms with Crippen LogP contribution in [0.1, 0.15) is 5.69 Å². The number of nitrogens with one attached hydrogen (secondary N) is 1. The third-order valence-corrected chi connectivity index (χ3v) is 3.92. The molecule has 0 atom stereocenters. The minimum Gasteiger partial charge on any atom is -0.486 e. The van der Waals surface area contributed by atoms with Gasteiger partial charge in [-0.2, -0.15) is 5.26 Å². The lowest BCUT2D eigenvalue weighted by Gasteiger charge is -2.18. The molecule has 2 heterocycles. The number of ether oxygens (including phenoxy) is 2. The molecule has 2 aromatic carbocycles. The summed E-state index contributed by atoms with van der Waals surface area (Å²) in [5.41, 5.74) is 2.30. The summed E-state index contributed by atoms with van der Waals surface area (Å²) in [7, 11) is 0. The Bertz CT molecular complexity index is 1100. The maximum Gasteiger partial charge on any atom is 0.266 e. The van der Waals surface area contributed by atoms with Crippen LogP contribution in [0, 0.1) is 11.3 Å². The topological polar surface area (TPSA) is 97.1 Å². The molecule has 1 amide bonds. The minimum absolute atomic E-state index is 0.0746. The van der Waals surface area contributed by atoms with Crippen molar-refractivity contribution in [3.8, 4) is 17.6 Å². The Morgan fingerprint density at radius 3 is 2.70 bits per heavy atom. The number of benzene rings is 2. The number of nitrogens with zero attached hydrogens (tertiary/aromatic N) is 3. The van der Waals surface area contributed by atoms with Crippen molar-refractivity contribution in [2.24, 2.45) is 0 Å². The molecule has 27 heavy (non-hydrogen) atoms. The van der Waals surface area contributed by atoms with Crippen LogP contribution in [0.2, 0.25) is 0 Å². The van der Waals surface area contributed by atoms with Crippen LogP contribution in [-0.2, 0) is 4.79 Å². The molecule has 3 aromatic rings. The first-order valence-corrected chi connectivity index (χ1v) is 8.27. The number of carbonyl (C=O) groups excluding carboxylic acids is 1. The van der Waals surface area contributed by atoms with Crippen LogP contribution in [0.4, 0.5) is 5.69 Å². The molecule has 0 spiro atoms. The van der Waals surface area contributed by atoms with E-state index in [1.165, 1.54) is 12.3 Å². The average molecular weight is 358 g/mol. The number of nitriles is 1. The molecule has 1 aliphatic rings. The van der Waals surface area contributed by atoms with Crippen molar-refractivity contribution in [2.75, 3.05) is 18.5 Å². The van der Waals surface area contributed by atoms with E-state index in [0.717, 1.165) is 5.52 Å². The Morgan fingerprint density at radius 1 is 1.11 bits per heavy atom. The summed E-state index contributed by atoms with van der Waals surface area (Å²) in [4.78, 5) is 21.1. The van der Waals surface area contributed by atoms with Crippen molar-refractivity contribution in [1.82, 2.24) is 9.97 Å². The summed E-state index contributed by atoms with van der Waals surface area (Å²) in [5, 5.41) is 12.1. The molecule has 7 nitrogen and oxygen atoms in total. The molecular formula is C20H14N4O3. The lowest BCUT2D eigenvalue weighted by molar-refractivity contribution is -0.112. The van der Waals surface area contributed by atoms with Gasteiger partial charge in [-0.3, -0.25) is 9.78 Å². The van der Waals surface area contributed by atoms with Gasteiger partial charge in [-0.25, -0.2) is 4.98 Å². The average Bonchev–Trinajstić information content (AvgIpc) is 2.71. The Morgan fingerprint density at radius 2 is 1.89 bits per heavy atom. The zero-order chi connectivity index (χ0) is 18.6. The molecule has 1 aliphatic heterocycles. The number of hydrogen-bond donors (Lipinski definition) is 1. The van der Waals surface area contributed by atoms with Gasteiger partial charge in [0.1, 0.15) is 24.9 Å². The fourth-order valence-electron chi connectivity index (χ4n) is 2.66. The summed E-state index contributed by atoms with van der Waals surface area (Å²) in [6.07, 6.45) is 2.93. The molecule has 0 fully saturated rings. The second-order valence-electron chi connectivity index (χ2n) is 5.77. The highest BCUT2D eigenvalue weighted by atomic mass is 16.6. The first kappa shape index (κ1) is 16.5. The second kappa shape index (κ2) is 7.14. The van der Waals surface area contributed by atoms with Gasteiger partial charge in [-0.1, -0.05) is 12.1 Å². The van der Waals surface area contributed by atoms with Crippen LogP contribution in [0.5, 0.6) is 11.5 Å². The number of aromatic nitrogens is 2. The highest BCUT2D eigenvalue weighted by Gasteiger charge is 2.15. The third kappa shape index (κ3) is 3.55. The van der Waals surface area contributed by atoms with Crippen molar-refractivity contribution < 1.29 is 14.3 Å². The maximum atomic E-state index is 12.5. The van der Waals surface area contributed by atoms with Gasteiger partial charge in [0.25, 0.3) is 5.91 Å². The van der Waals surface area contributed by atoms with E-state index >= 15 is 0 Å². The second-order valence-corrected chi connectivity index (χ2v) is 5.77. The van der Waals surface area contributed by atoms with Crippen molar-refractivity contribution in [3.63, 3.8) is 0 Å². The van der Waals surface area contributed by atoms with Crippen LogP contribution < -0.4 is 14.8 Å². The lowest BCUT2D eigenvalue weighted by atomic mass is 10.2. The van der Waals surface area contributed by atoms with Crippen molar-refractivity contribution in [1.29, 1.82) is 5.26 Å². The van der Waals surface area contributed by atoms with Gasteiger partial charge in [-0.15, -0.1) is 0 Å². The predicted octanol–water partition coefficient (Wildman–Crippen LogP) is 2.95. The smallest absolute Gasteiger partial charge is 0.266 e. The maximum absolute atomic E-state index is 12.5. The van der Waals surface area contributed by atoms with E-state index in [-0.39, 0.29) is 5.57 Å². The standard InChI is InChI=1S/C20H14N4O3/c21-11-13(9-15-12-22-16-3-1-2-4-17(16)23-15)20(25)24-14-5-6-18-19(10-14)27-8-7-26-18/h1-6,9-10,12H,7-8H2,(H,24,25)/b13-9+. The Labute approximate surface area is 154 Å². The fraction of sp³-hybridized carbons (Fsp3) is 0.100. The largest absolute Gasteiger partial charge is 0.486 e. The number of carbonyl (C=O) groups is 1. The van der Waals surface area contributed by atoms with Crippen LogP contribution in [0.25, 0.3) is 17.1 Å². The van der Waals surface area contributed by atoms with E-state index in [1.54, 1.807) is 18.2 Å². The van der Waals surface area contributed by atoms with Crippen LogP contribution in [0.15, 0.2) is 54.2 Å². The number of rotatable bonds is 3. The number of fused-ring (bicyclic) bond motifs is 2. The molecule has 0 radical (unpaired) electrons. The van der Waals surface area contributed by atoms with Gasteiger partial charge in [-0.05, 0) is 30.3 Å². The predicted molar refractivity (Wildman–Crippen MR) is 99.2 cm³/mol. The molecule has 4 rings (SSSR count). The van der Waals surface area contributed by atoms with E-state index in [9.17, 15) is 10.1 Å². The van der Waals surface area contributed by atoms with Gasteiger partial charge < -0.3 is 14.8 Å². The first-order chi connectivity index (χ1) is 13.2. The van der Waals surface area contributed by atoms with E-state index in [0.29, 0.717) is 41.6 Å². The number of para-hydroxylation sites is 2. The molecule has 132 valence electrons. The number of hydrogen-bond acceptors (Lipinski definition) is 6. The molecule has 0 unspecified atom stereocenters. The molecule has 7 heteroatoms. The molecule has 0 saturated heterocycles. The number of anilines is 1. The molecule has 0 bridgehead atoms. The Hall–Kier alpha value is -3.92. The quantitative estimate of drug-likeness (QED) is 0.571. The molecular weight excluding hydrogens is 344 g/mol. The van der Waals surface area contributed by atoms with Gasteiger partial charge in [0.15, 0.2) is 11.5 Å². The number of amides is 1. The zero-order valence-electron chi connectivity index (χ0n) is 14.2. The van der Waals surface area contributed by atoms with Crippen LogP contribution in [0.3, 0.4) is 0 Å². The Balaban J connectivity index is 1.57. The van der Waals surface area contributed by atoms with Crippen molar-refractivity contribution >= 4 is 28.7 Å². The van der Waals surface area contributed by atoms with E-state index in [4.69, 9.17) is 9.47 Å². The Kier molecular flexibility index (Phi) is 4.37. The molecule has 0 saturated carbocycles. The third-order valence-electron chi connectivity index (χ3n) is 3.92. The summed E-state index contributed by atoms with van der Waals surface area (Å²) < 4.78 is 10.9. The lowest BCUT2D eigenvalue weighted by Crippen LogP contribution is -2.17. The molecule has 1 aromatic heterocycles. The normalized spacial score (nSPS) is 13.1. The molecule has 1 N–H and O–H groups in total. The zero-order valence-corrected chi connectivity index (χ0v) is 14.2. The van der Waals surface area contributed by atoms with E-state index in [1.807, 2.05) is 30.3 Å². The van der Waals surface area contributed by atoms with Gasteiger partial charge >= 0.3 is 0 Å². The minimum atomic E-state index is -0.538. The highest BCUT2D eigenvalue weighted by molar-refractivity contribution is 6.09. The van der Waals surface area contributed by atoms with Crippen molar-refractivity contribution in [2.45, 2.75) is 0 Å². The fourth-order valence-corrected chi connectivity index (χ4v) is 2.66.